The number of hydrogen-bond acceptors (Lipinski definition) is 2. The number of fused-ring (bicyclic) bond motifs is 2. The van der Waals surface area contributed by atoms with Crippen LogP contribution in [0.3, 0.4) is 0 Å². The zero-order chi connectivity index (χ0) is 11.0. The van der Waals surface area contributed by atoms with E-state index in [9.17, 15) is 4.79 Å². The minimum absolute atomic E-state index is 0.303. The van der Waals surface area contributed by atoms with Crippen molar-refractivity contribution >= 4 is 5.91 Å². The molecule has 1 amide bonds. The van der Waals surface area contributed by atoms with Crippen LogP contribution >= 0.6 is 0 Å². The van der Waals surface area contributed by atoms with Gasteiger partial charge >= 0.3 is 0 Å². The molecule has 16 heavy (non-hydrogen) atoms. The molecule has 0 aromatic carbocycles. The molecule has 1 aliphatic carbocycles. The van der Waals surface area contributed by atoms with Crippen LogP contribution in [0.1, 0.15) is 44.9 Å². The molecule has 3 heteroatoms. The molecule has 0 aromatic heterocycles. The van der Waals surface area contributed by atoms with Gasteiger partial charge in [-0.25, -0.2) is 0 Å². The highest BCUT2D eigenvalue weighted by Crippen LogP contribution is 2.32. The van der Waals surface area contributed by atoms with Crippen molar-refractivity contribution in [3.05, 3.63) is 0 Å². The number of carbonyl (C=O) groups excluding carboxylic acids is 1. The molecule has 3 nitrogen and oxygen atoms in total. The van der Waals surface area contributed by atoms with Crippen LogP contribution in [0.25, 0.3) is 0 Å². The van der Waals surface area contributed by atoms with E-state index in [1.165, 1.54) is 32.1 Å². The molecule has 2 aliphatic heterocycles. The predicted molar refractivity (Wildman–Crippen MR) is 63.0 cm³/mol. The molecule has 3 aliphatic rings. The summed E-state index contributed by atoms with van der Waals surface area (Å²) >= 11 is 0. The third-order valence-corrected chi connectivity index (χ3v) is 4.37. The summed E-state index contributed by atoms with van der Waals surface area (Å²) < 4.78 is 0. The van der Waals surface area contributed by atoms with Crippen LogP contribution in [0.15, 0.2) is 0 Å². The maximum absolute atomic E-state index is 11.5. The maximum atomic E-state index is 11.5. The zero-order valence-electron chi connectivity index (χ0n) is 9.87. The van der Waals surface area contributed by atoms with E-state index >= 15 is 0 Å². The molecule has 2 unspecified atom stereocenters. The predicted octanol–water partition coefficient (Wildman–Crippen LogP) is 1.43. The summed E-state index contributed by atoms with van der Waals surface area (Å²) in [6.45, 7) is 0.902. The van der Waals surface area contributed by atoms with Crippen molar-refractivity contribution in [3.8, 4) is 0 Å². The van der Waals surface area contributed by atoms with Crippen molar-refractivity contribution in [2.45, 2.75) is 57.0 Å². The van der Waals surface area contributed by atoms with E-state index in [1.807, 2.05) is 0 Å². The highest BCUT2D eigenvalue weighted by molar-refractivity contribution is 5.80. The van der Waals surface area contributed by atoms with Crippen LogP contribution in [0.5, 0.6) is 0 Å². The Balaban J connectivity index is 1.37. The van der Waals surface area contributed by atoms with Crippen molar-refractivity contribution in [2.75, 3.05) is 6.54 Å². The summed E-state index contributed by atoms with van der Waals surface area (Å²) in [5.74, 6) is 1.51. The van der Waals surface area contributed by atoms with Crippen LogP contribution in [-0.2, 0) is 4.79 Å². The number of rotatable bonds is 4. The number of carbonyl (C=O) groups is 1. The van der Waals surface area contributed by atoms with E-state index in [4.69, 9.17) is 0 Å². The van der Waals surface area contributed by atoms with E-state index in [0.717, 1.165) is 37.4 Å². The monoisotopic (exact) mass is 222 g/mol. The molecule has 0 aromatic rings. The lowest BCUT2D eigenvalue weighted by atomic mass is 9.90. The molecular formula is C13H22N2O. The summed E-state index contributed by atoms with van der Waals surface area (Å²) in [6.07, 6.45) is 8.82. The Bertz CT molecular complexity index is 263. The van der Waals surface area contributed by atoms with Crippen molar-refractivity contribution in [3.63, 3.8) is 0 Å². The van der Waals surface area contributed by atoms with E-state index in [1.54, 1.807) is 0 Å². The van der Waals surface area contributed by atoms with Gasteiger partial charge in [0, 0.05) is 24.5 Å². The largest absolute Gasteiger partial charge is 0.356 e. The average Bonchev–Trinajstić information content (AvgIpc) is 3.06. The number of amides is 1. The van der Waals surface area contributed by atoms with E-state index in [2.05, 4.69) is 10.6 Å². The van der Waals surface area contributed by atoms with Crippen molar-refractivity contribution < 1.29 is 4.79 Å². The van der Waals surface area contributed by atoms with Crippen LogP contribution < -0.4 is 10.6 Å². The van der Waals surface area contributed by atoms with Crippen LogP contribution in [0.4, 0.5) is 0 Å². The van der Waals surface area contributed by atoms with E-state index < -0.39 is 0 Å². The summed E-state index contributed by atoms with van der Waals surface area (Å²) in [7, 11) is 0. The van der Waals surface area contributed by atoms with Gasteiger partial charge in [-0.15, -0.1) is 0 Å². The quantitative estimate of drug-likeness (QED) is 0.755. The SMILES string of the molecule is O=C(NCCC1CC2CCC(C1)N2)C1CC1. The highest BCUT2D eigenvalue weighted by atomic mass is 16.2. The fourth-order valence-corrected chi connectivity index (χ4v) is 3.30. The lowest BCUT2D eigenvalue weighted by Crippen LogP contribution is -2.39. The molecule has 2 heterocycles. The first-order valence-electron chi connectivity index (χ1n) is 6.85. The fourth-order valence-electron chi connectivity index (χ4n) is 3.30. The molecule has 2 bridgehead atoms. The van der Waals surface area contributed by atoms with Crippen molar-refractivity contribution in [1.29, 1.82) is 0 Å². The number of hydrogen-bond donors (Lipinski definition) is 2. The second kappa shape index (κ2) is 4.36. The Morgan fingerprint density at radius 2 is 1.81 bits per heavy atom. The first kappa shape index (κ1) is 10.6. The van der Waals surface area contributed by atoms with Gasteiger partial charge < -0.3 is 10.6 Å². The number of nitrogens with one attached hydrogen (secondary N) is 2. The topological polar surface area (TPSA) is 41.1 Å². The maximum Gasteiger partial charge on any atom is 0.223 e. The minimum atomic E-state index is 0.303. The van der Waals surface area contributed by atoms with Gasteiger partial charge in [0.15, 0.2) is 0 Å². The van der Waals surface area contributed by atoms with Crippen LogP contribution in [0.2, 0.25) is 0 Å². The summed E-state index contributed by atoms with van der Waals surface area (Å²) in [6, 6.07) is 1.56. The molecule has 2 N–H and O–H groups in total. The Kier molecular flexibility index (Phi) is 2.88. The third-order valence-electron chi connectivity index (χ3n) is 4.37. The minimum Gasteiger partial charge on any atom is -0.356 e. The first-order chi connectivity index (χ1) is 7.81. The molecule has 3 fully saturated rings. The average molecular weight is 222 g/mol. The second-order valence-corrected chi connectivity index (χ2v) is 5.83. The normalized spacial score (nSPS) is 37.4. The van der Waals surface area contributed by atoms with Gasteiger partial charge in [0.2, 0.25) is 5.91 Å². The molecule has 2 saturated heterocycles. The molecular weight excluding hydrogens is 200 g/mol. The smallest absolute Gasteiger partial charge is 0.223 e. The summed E-state index contributed by atoms with van der Waals surface area (Å²) in [5.41, 5.74) is 0. The van der Waals surface area contributed by atoms with Crippen molar-refractivity contribution in [2.24, 2.45) is 11.8 Å². The van der Waals surface area contributed by atoms with Gasteiger partial charge in [0.1, 0.15) is 0 Å². The van der Waals surface area contributed by atoms with Gasteiger partial charge in [-0.05, 0) is 50.9 Å². The molecule has 0 spiro atoms. The Morgan fingerprint density at radius 3 is 2.44 bits per heavy atom. The lowest BCUT2D eigenvalue weighted by molar-refractivity contribution is -0.122. The van der Waals surface area contributed by atoms with E-state index in [-0.39, 0.29) is 0 Å². The molecule has 0 radical (unpaired) electrons. The Labute approximate surface area is 97.4 Å². The standard InChI is InChI=1S/C13H22N2O/c16-13(10-1-2-10)14-6-5-9-7-11-3-4-12(8-9)15-11/h9-12,15H,1-8H2,(H,14,16). The zero-order valence-corrected chi connectivity index (χ0v) is 9.87. The van der Waals surface area contributed by atoms with Crippen molar-refractivity contribution in [1.82, 2.24) is 10.6 Å². The summed E-state index contributed by atoms with van der Waals surface area (Å²) in [5, 5.41) is 6.74. The van der Waals surface area contributed by atoms with Gasteiger partial charge in [-0.1, -0.05) is 0 Å². The number of piperidine rings is 1. The Morgan fingerprint density at radius 1 is 1.12 bits per heavy atom. The molecule has 90 valence electrons. The molecule has 2 atom stereocenters. The Hall–Kier alpha value is -0.570. The molecule has 3 rings (SSSR count). The van der Waals surface area contributed by atoms with Crippen LogP contribution in [0, 0.1) is 11.8 Å². The van der Waals surface area contributed by atoms with E-state index in [0.29, 0.717) is 11.8 Å². The van der Waals surface area contributed by atoms with Crippen LogP contribution in [-0.4, -0.2) is 24.5 Å². The third kappa shape index (κ3) is 2.40. The van der Waals surface area contributed by atoms with Gasteiger partial charge in [0.05, 0.1) is 0 Å². The molecule has 1 saturated carbocycles. The summed E-state index contributed by atoms with van der Waals surface area (Å²) in [4.78, 5) is 11.5. The van der Waals surface area contributed by atoms with Gasteiger partial charge in [-0.3, -0.25) is 4.79 Å². The fraction of sp³-hybridized carbons (Fsp3) is 0.923. The lowest BCUT2D eigenvalue weighted by Gasteiger charge is -2.29. The second-order valence-electron chi connectivity index (χ2n) is 5.83. The first-order valence-corrected chi connectivity index (χ1v) is 6.85. The highest BCUT2D eigenvalue weighted by Gasteiger charge is 2.33. The van der Waals surface area contributed by atoms with Gasteiger partial charge in [-0.2, -0.15) is 0 Å². The van der Waals surface area contributed by atoms with Gasteiger partial charge in [0.25, 0.3) is 0 Å².